The Labute approximate surface area is 123 Å². The van der Waals surface area contributed by atoms with Crippen LogP contribution in [0, 0.1) is 6.92 Å². The van der Waals surface area contributed by atoms with E-state index in [-0.39, 0.29) is 5.97 Å². The maximum atomic E-state index is 11.5. The number of benzene rings is 1. The van der Waals surface area contributed by atoms with E-state index in [9.17, 15) is 4.79 Å². The number of halogens is 1. The molecule has 0 saturated heterocycles. The summed E-state index contributed by atoms with van der Waals surface area (Å²) >= 11 is 6.10. The summed E-state index contributed by atoms with van der Waals surface area (Å²) in [6, 6.07) is 4.06. The van der Waals surface area contributed by atoms with Gasteiger partial charge in [-0.25, -0.2) is 0 Å². The van der Waals surface area contributed by atoms with Gasteiger partial charge in [-0.15, -0.1) is 0 Å². The average Bonchev–Trinajstić information content (AvgIpc) is 2.86. The standard InChI is InChI=1S/C15H17ClN2O2/c1-4-10-6-11(15-13(16)8-17-18-15)5-9(2)12(10)7-14(19)20-3/h5-6,8H,4,7H2,1-3H3,(H,17,18). The van der Waals surface area contributed by atoms with Crippen LogP contribution in [0.3, 0.4) is 0 Å². The molecule has 0 amide bonds. The fourth-order valence-corrected chi connectivity index (χ4v) is 2.49. The van der Waals surface area contributed by atoms with E-state index in [1.54, 1.807) is 6.20 Å². The van der Waals surface area contributed by atoms with Crippen molar-refractivity contribution in [2.45, 2.75) is 26.7 Å². The van der Waals surface area contributed by atoms with Gasteiger partial charge in [-0.1, -0.05) is 18.5 Å². The van der Waals surface area contributed by atoms with E-state index < -0.39 is 0 Å². The van der Waals surface area contributed by atoms with Crippen LogP contribution in [0.15, 0.2) is 18.3 Å². The zero-order chi connectivity index (χ0) is 14.7. The number of ether oxygens (including phenoxy) is 1. The largest absolute Gasteiger partial charge is 0.469 e. The van der Waals surface area contributed by atoms with E-state index in [0.29, 0.717) is 11.4 Å². The number of aromatic amines is 1. The molecule has 2 rings (SSSR count). The van der Waals surface area contributed by atoms with Gasteiger partial charge < -0.3 is 4.74 Å². The number of nitrogens with one attached hydrogen (secondary N) is 1. The minimum Gasteiger partial charge on any atom is -0.469 e. The van der Waals surface area contributed by atoms with Gasteiger partial charge in [-0.3, -0.25) is 9.89 Å². The third-order valence-corrected chi connectivity index (χ3v) is 3.66. The minimum absolute atomic E-state index is 0.227. The van der Waals surface area contributed by atoms with Crippen LogP contribution in [-0.2, 0) is 22.4 Å². The Kier molecular flexibility index (Phi) is 4.45. The molecular formula is C15H17ClN2O2. The van der Waals surface area contributed by atoms with Crippen LogP contribution >= 0.6 is 11.6 Å². The molecule has 2 aromatic rings. The van der Waals surface area contributed by atoms with Crippen molar-refractivity contribution < 1.29 is 9.53 Å². The number of methoxy groups -OCH3 is 1. The third-order valence-electron chi connectivity index (χ3n) is 3.38. The Bertz CT molecular complexity index is 635. The van der Waals surface area contributed by atoms with Crippen LogP contribution in [0.5, 0.6) is 0 Å². The van der Waals surface area contributed by atoms with E-state index >= 15 is 0 Å². The number of esters is 1. The normalized spacial score (nSPS) is 10.6. The molecule has 1 N–H and O–H groups in total. The number of H-pyrrole nitrogens is 1. The molecule has 1 aromatic heterocycles. The molecule has 106 valence electrons. The predicted octanol–water partition coefficient (Wildman–Crippen LogP) is 3.32. The first-order valence-corrected chi connectivity index (χ1v) is 6.83. The summed E-state index contributed by atoms with van der Waals surface area (Å²) in [4.78, 5) is 11.5. The second-order valence-corrected chi connectivity index (χ2v) is 5.04. The molecule has 0 atom stereocenters. The quantitative estimate of drug-likeness (QED) is 0.880. The number of rotatable bonds is 4. The molecule has 0 saturated carbocycles. The van der Waals surface area contributed by atoms with E-state index in [1.807, 2.05) is 19.1 Å². The Balaban J connectivity index is 2.48. The number of aryl methyl sites for hydroxylation is 2. The van der Waals surface area contributed by atoms with Crippen molar-refractivity contribution in [3.63, 3.8) is 0 Å². The summed E-state index contributed by atoms with van der Waals surface area (Å²) in [5.74, 6) is -0.227. The minimum atomic E-state index is -0.227. The summed E-state index contributed by atoms with van der Waals surface area (Å²) in [6.07, 6.45) is 2.72. The molecule has 0 unspecified atom stereocenters. The smallest absolute Gasteiger partial charge is 0.309 e. The van der Waals surface area contributed by atoms with Crippen molar-refractivity contribution in [3.05, 3.63) is 40.0 Å². The fourth-order valence-electron chi connectivity index (χ4n) is 2.29. The molecule has 0 radical (unpaired) electrons. The highest BCUT2D eigenvalue weighted by atomic mass is 35.5. The van der Waals surface area contributed by atoms with Crippen molar-refractivity contribution in [3.8, 4) is 11.3 Å². The summed E-state index contributed by atoms with van der Waals surface area (Å²) in [6.45, 7) is 4.05. The van der Waals surface area contributed by atoms with Crippen molar-refractivity contribution in [2.75, 3.05) is 7.11 Å². The zero-order valence-electron chi connectivity index (χ0n) is 11.8. The van der Waals surface area contributed by atoms with Gasteiger partial charge in [0.05, 0.1) is 30.4 Å². The molecule has 20 heavy (non-hydrogen) atoms. The van der Waals surface area contributed by atoms with Crippen LogP contribution in [0.25, 0.3) is 11.3 Å². The van der Waals surface area contributed by atoms with Crippen LogP contribution in [0.1, 0.15) is 23.6 Å². The van der Waals surface area contributed by atoms with Gasteiger partial charge in [0, 0.05) is 5.56 Å². The second kappa shape index (κ2) is 6.09. The van der Waals surface area contributed by atoms with E-state index in [2.05, 4.69) is 17.1 Å². The van der Waals surface area contributed by atoms with Gasteiger partial charge >= 0.3 is 5.97 Å². The predicted molar refractivity (Wildman–Crippen MR) is 78.9 cm³/mol. The molecule has 0 aliphatic rings. The molecule has 1 aromatic carbocycles. The van der Waals surface area contributed by atoms with Gasteiger partial charge in [-0.05, 0) is 42.2 Å². The highest BCUT2D eigenvalue weighted by molar-refractivity contribution is 6.32. The van der Waals surface area contributed by atoms with Crippen molar-refractivity contribution in [1.82, 2.24) is 10.2 Å². The summed E-state index contributed by atoms with van der Waals surface area (Å²) < 4.78 is 4.75. The van der Waals surface area contributed by atoms with Crippen LogP contribution in [0.2, 0.25) is 5.02 Å². The highest BCUT2D eigenvalue weighted by Gasteiger charge is 2.14. The lowest BCUT2D eigenvalue weighted by atomic mass is 9.93. The van der Waals surface area contributed by atoms with Crippen LogP contribution in [-0.4, -0.2) is 23.3 Å². The van der Waals surface area contributed by atoms with E-state index in [0.717, 1.165) is 34.4 Å². The van der Waals surface area contributed by atoms with E-state index in [4.69, 9.17) is 16.3 Å². The Morgan fingerprint density at radius 2 is 2.20 bits per heavy atom. The van der Waals surface area contributed by atoms with E-state index in [1.165, 1.54) is 7.11 Å². The third kappa shape index (κ3) is 2.85. The Morgan fingerprint density at radius 1 is 1.45 bits per heavy atom. The first-order chi connectivity index (χ1) is 9.56. The van der Waals surface area contributed by atoms with Gasteiger partial charge in [-0.2, -0.15) is 5.10 Å². The Hall–Kier alpha value is -1.81. The lowest BCUT2D eigenvalue weighted by molar-refractivity contribution is -0.139. The molecule has 0 aliphatic carbocycles. The number of carbonyl (C=O) groups is 1. The number of hydrogen-bond donors (Lipinski definition) is 1. The molecule has 0 bridgehead atoms. The molecule has 0 spiro atoms. The monoisotopic (exact) mass is 292 g/mol. The SMILES string of the molecule is CCc1cc(-c2[nH]ncc2Cl)cc(C)c1CC(=O)OC. The lowest BCUT2D eigenvalue weighted by Gasteiger charge is -2.13. The molecular weight excluding hydrogens is 276 g/mol. The van der Waals surface area contributed by atoms with Gasteiger partial charge in [0.2, 0.25) is 0 Å². The van der Waals surface area contributed by atoms with Crippen LogP contribution in [0.4, 0.5) is 0 Å². The molecule has 5 heteroatoms. The zero-order valence-corrected chi connectivity index (χ0v) is 12.5. The maximum absolute atomic E-state index is 11.5. The Morgan fingerprint density at radius 3 is 2.75 bits per heavy atom. The average molecular weight is 293 g/mol. The summed E-state index contributed by atoms with van der Waals surface area (Å²) in [7, 11) is 1.40. The first-order valence-electron chi connectivity index (χ1n) is 6.45. The first kappa shape index (κ1) is 14.6. The summed E-state index contributed by atoms with van der Waals surface area (Å²) in [5, 5.41) is 7.42. The fraction of sp³-hybridized carbons (Fsp3) is 0.333. The van der Waals surface area contributed by atoms with Crippen LogP contribution < -0.4 is 0 Å². The molecule has 0 fully saturated rings. The maximum Gasteiger partial charge on any atom is 0.309 e. The number of aromatic nitrogens is 2. The number of hydrogen-bond acceptors (Lipinski definition) is 3. The molecule has 0 aliphatic heterocycles. The van der Waals surface area contributed by atoms with Gasteiger partial charge in [0.25, 0.3) is 0 Å². The van der Waals surface area contributed by atoms with Gasteiger partial charge in [0.15, 0.2) is 0 Å². The highest BCUT2D eigenvalue weighted by Crippen LogP contribution is 2.29. The molecule has 1 heterocycles. The lowest BCUT2D eigenvalue weighted by Crippen LogP contribution is -2.08. The summed E-state index contributed by atoms with van der Waals surface area (Å²) in [5.41, 5.74) is 4.98. The van der Waals surface area contributed by atoms with Crippen molar-refractivity contribution in [2.24, 2.45) is 0 Å². The van der Waals surface area contributed by atoms with Gasteiger partial charge in [0.1, 0.15) is 0 Å². The second-order valence-electron chi connectivity index (χ2n) is 4.63. The van der Waals surface area contributed by atoms with Crippen molar-refractivity contribution in [1.29, 1.82) is 0 Å². The topological polar surface area (TPSA) is 55.0 Å². The number of nitrogens with zero attached hydrogens (tertiary/aromatic N) is 1. The molecule has 4 nitrogen and oxygen atoms in total. The number of carbonyl (C=O) groups excluding carboxylic acids is 1. The van der Waals surface area contributed by atoms with Crippen molar-refractivity contribution >= 4 is 17.6 Å².